The Morgan fingerprint density at radius 3 is 2.60 bits per heavy atom. The highest BCUT2D eigenvalue weighted by molar-refractivity contribution is 7.17. The van der Waals surface area contributed by atoms with E-state index in [1.54, 1.807) is 6.92 Å². The van der Waals surface area contributed by atoms with Crippen molar-refractivity contribution in [2.45, 2.75) is 65.6 Å². The van der Waals surface area contributed by atoms with Crippen molar-refractivity contribution < 1.29 is 19.1 Å². The molecular weight excluding hydrogens is 342 g/mol. The summed E-state index contributed by atoms with van der Waals surface area (Å²) < 4.78 is 10.4. The van der Waals surface area contributed by atoms with Gasteiger partial charge in [0, 0.05) is 6.54 Å². The topological polar surface area (TPSA) is 80.8 Å². The van der Waals surface area contributed by atoms with Gasteiger partial charge in [0.1, 0.15) is 10.5 Å². The van der Waals surface area contributed by atoms with E-state index >= 15 is 0 Å². The predicted molar refractivity (Wildman–Crippen MR) is 97.4 cm³/mol. The molecule has 25 heavy (non-hydrogen) atoms. The Labute approximate surface area is 152 Å². The molecule has 1 aromatic heterocycles. The Balaban J connectivity index is 2.02. The molecule has 7 nitrogen and oxygen atoms in total. The standard InChI is InChI=1S/C17H27N3O4S/c1-7-12-11(19-16(22)24-17(4,5)6)9-20(12)15-18-10(3)13(25-15)14(21)23-8-2/h11-12H,7-9H2,1-6H3,(H,19,22)/t11-,12-/m1/s1. The number of aryl methyl sites for hydroxylation is 1. The van der Waals surface area contributed by atoms with Crippen LogP contribution < -0.4 is 10.2 Å². The molecule has 1 fully saturated rings. The van der Waals surface area contributed by atoms with Crippen LogP contribution in [0.1, 0.15) is 56.4 Å². The number of rotatable bonds is 5. The first kappa shape index (κ1) is 19.5. The van der Waals surface area contributed by atoms with Crippen LogP contribution in [0, 0.1) is 6.92 Å². The maximum Gasteiger partial charge on any atom is 0.408 e. The number of nitrogens with zero attached hydrogens (tertiary/aromatic N) is 2. The monoisotopic (exact) mass is 369 g/mol. The molecule has 0 unspecified atom stereocenters. The van der Waals surface area contributed by atoms with E-state index in [-0.39, 0.29) is 18.1 Å². The molecule has 1 saturated heterocycles. The molecule has 0 bridgehead atoms. The summed E-state index contributed by atoms with van der Waals surface area (Å²) in [5.41, 5.74) is 0.160. The van der Waals surface area contributed by atoms with Gasteiger partial charge in [0.25, 0.3) is 0 Å². The Morgan fingerprint density at radius 2 is 2.04 bits per heavy atom. The fourth-order valence-corrected chi connectivity index (χ4v) is 3.79. The number of esters is 1. The van der Waals surface area contributed by atoms with Crippen molar-refractivity contribution in [1.29, 1.82) is 0 Å². The first-order valence-corrected chi connectivity index (χ1v) is 9.38. The first-order chi connectivity index (χ1) is 11.7. The van der Waals surface area contributed by atoms with Crippen LogP contribution in [0.15, 0.2) is 0 Å². The van der Waals surface area contributed by atoms with Crippen LogP contribution in [-0.4, -0.2) is 47.9 Å². The molecule has 0 radical (unpaired) electrons. The molecule has 2 atom stereocenters. The number of aromatic nitrogens is 1. The summed E-state index contributed by atoms with van der Waals surface area (Å²) in [7, 11) is 0. The molecule has 1 amide bonds. The van der Waals surface area contributed by atoms with Crippen LogP contribution >= 0.6 is 11.3 Å². The van der Waals surface area contributed by atoms with E-state index in [4.69, 9.17) is 9.47 Å². The van der Waals surface area contributed by atoms with Crippen LogP contribution in [0.3, 0.4) is 0 Å². The lowest BCUT2D eigenvalue weighted by molar-refractivity contribution is 0.0476. The number of thiazole rings is 1. The molecule has 0 spiro atoms. The van der Waals surface area contributed by atoms with E-state index in [9.17, 15) is 9.59 Å². The second kappa shape index (κ2) is 7.59. The van der Waals surface area contributed by atoms with Crippen molar-refractivity contribution in [3.05, 3.63) is 10.6 Å². The number of alkyl carbamates (subject to hydrolysis) is 1. The van der Waals surface area contributed by atoms with E-state index in [0.717, 1.165) is 11.6 Å². The van der Waals surface area contributed by atoms with E-state index < -0.39 is 11.7 Å². The normalized spacial score (nSPS) is 20.0. The highest BCUT2D eigenvalue weighted by Crippen LogP contribution is 2.34. The number of ether oxygens (including phenoxy) is 2. The molecule has 1 aliphatic heterocycles. The predicted octanol–water partition coefficient (Wildman–Crippen LogP) is 3.12. The Kier molecular flexibility index (Phi) is 5.92. The van der Waals surface area contributed by atoms with Crippen LogP contribution in [0.25, 0.3) is 0 Å². The van der Waals surface area contributed by atoms with Crippen molar-refractivity contribution in [3.8, 4) is 0 Å². The molecule has 1 aromatic rings. The summed E-state index contributed by atoms with van der Waals surface area (Å²) in [5, 5.41) is 3.71. The van der Waals surface area contributed by atoms with Crippen LogP contribution in [0.2, 0.25) is 0 Å². The molecule has 140 valence electrons. The molecule has 1 N–H and O–H groups in total. The third kappa shape index (κ3) is 4.62. The van der Waals surface area contributed by atoms with Gasteiger partial charge >= 0.3 is 12.1 Å². The lowest BCUT2D eigenvalue weighted by atomic mass is 9.95. The maximum atomic E-state index is 12.0. The van der Waals surface area contributed by atoms with Gasteiger partial charge in [-0.2, -0.15) is 0 Å². The Bertz CT molecular complexity index is 638. The van der Waals surface area contributed by atoms with Crippen molar-refractivity contribution in [3.63, 3.8) is 0 Å². The maximum absolute atomic E-state index is 12.0. The van der Waals surface area contributed by atoms with Crippen molar-refractivity contribution in [2.75, 3.05) is 18.1 Å². The summed E-state index contributed by atoms with van der Waals surface area (Å²) in [6.45, 7) is 12.2. The summed E-state index contributed by atoms with van der Waals surface area (Å²) in [6.07, 6.45) is 0.450. The van der Waals surface area contributed by atoms with Gasteiger partial charge in [0.15, 0.2) is 5.13 Å². The zero-order valence-electron chi connectivity index (χ0n) is 15.7. The van der Waals surface area contributed by atoms with Crippen LogP contribution in [0.5, 0.6) is 0 Å². The van der Waals surface area contributed by atoms with Gasteiger partial charge in [-0.05, 0) is 41.0 Å². The molecule has 1 aliphatic rings. The van der Waals surface area contributed by atoms with Crippen LogP contribution in [-0.2, 0) is 9.47 Å². The lowest BCUT2D eigenvalue weighted by Crippen LogP contribution is -2.67. The summed E-state index contributed by atoms with van der Waals surface area (Å²) in [6, 6.07) is 0.142. The molecule has 0 aromatic carbocycles. The molecule has 2 heterocycles. The fourth-order valence-electron chi connectivity index (χ4n) is 2.76. The van der Waals surface area contributed by atoms with Crippen molar-refractivity contribution >= 4 is 28.5 Å². The van der Waals surface area contributed by atoms with E-state index in [1.807, 2.05) is 27.7 Å². The van der Waals surface area contributed by atoms with Crippen molar-refractivity contribution in [2.24, 2.45) is 0 Å². The largest absolute Gasteiger partial charge is 0.462 e. The smallest absolute Gasteiger partial charge is 0.408 e. The fraction of sp³-hybridized carbons (Fsp3) is 0.706. The Morgan fingerprint density at radius 1 is 1.36 bits per heavy atom. The molecule has 2 rings (SSSR count). The van der Waals surface area contributed by atoms with E-state index in [1.165, 1.54) is 11.3 Å². The number of hydrogen-bond donors (Lipinski definition) is 1. The molecule has 0 saturated carbocycles. The summed E-state index contributed by atoms with van der Waals surface area (Å²) >= 11 is 1.34. The van der Waals surface area contributed by atoms with Gasteiger partial charge < -0.3 is 19.7 Å². The average Bonchev–Trinajstić information content (AvgIpc) is 2.83. The molecular formula is C17H27N3O4S. The van der Waals surface area contributed by atoms with Gasteiger partial charge in [0.2, 0.25) is 0 Å². The van der Waals surface area contributed by atoms with E-state index in [2.05, 4.69) is 22.1 Å². The van der Waals surface area contributed by atoms with Crippen LogP contribution in [0.4, 0.5) is 9.93 Å². The number of anilines is 1. The SMILES string of the molecule is CCOC(=O)c1sc(N2C[C@@H](NC(=O)OC(C)(C)C)[C@H]2CC)nc1C. The highest BCUT2D eigenvalue weighted by atomic mass is 32.1. The zero-order chi connectivity index (χ0) is 18.8. The number of carbonyl (C=O) groups excluding carboxylic acids is 2. The quantitative estimate of drug-likeness (QED) is 0.803. The zero-order valence-corrected chi connectivity index (χ0v) is 16.5. The highest BCUT2D eigenvalue weighted by Gasteiger charge is 2.41. The van der Waals surface area contributed by atoms with Gasteiger partial charge in [-0.15, -0.1) is 0 Å². The minimum Gasteiger partial charge on any atom is -0.462 e. The molecule has 8 heteroatoms. The van der Waals surface area contributed by atoms with Gasteiger partial charge in [-0.1, -0.05) is 18.3 Å². The number of nitrogens with one attached hydrogen (secondary N) is 1. The molecule has 0 aliphatic carbocycles. The van der Waals surface area contributed by atoms with E-state index in [0.29, 0.717) is 23.7 Å². The van der Waals surface area contributed by atoms with Gasteiger partial charge in [-0.3, -0.25) is 0 Å². The van der Waals surface area contributed by atoms with Crippen molar-refractivity contribution in [1.82, 2.24) is 10.3 Å². The minimum atomic E-state index is -0.518. The second-order valence-electron chi connectivity index (χ2n) is 7.01. The lowest BCUT2D eigenvalue weighted by Gasteiger charge is -2.47. The second-order valence-corrected chi connectivity index (χ2v) is 7.99. The first-order valence-electron chi connectivity index (χ1n) is 8.57. The summed E-state index contributed by atoms with van der Waals surface area (Å²) in [4.78, 5) is 31.1. The third-order valence-electron chi connectivity index (χ3n) is 3.87. The number of amides is 1. The minimum absolute atomic E-state index is 0.00935. The summed E-state index contributed by atoms with van der Waals surface area (Å²) in [5.74, 6) is -0.333. The Hall–Kier alpha value is -1.83. The average molecular weight is 369 g/mol. The van der Waals surface area contributed by atoms with Gasteiger partial charge in [0.05, 0.1) is 24.4 Å². The number of carbonyl (C=O) groups is 2. The van der Waals surface area contributed by atoms with Gasteiger partial charge in [-0.25, -0.2) is 14.6 Å². The third-order valence-corrected chi connectivity index (χ3v) is 5.04. The number of hydrogen-bond acceptors (Lipinski definition) is 7.